The van der Waals surface area contributed by atoms with Crippen LogP contribution in [0.15, 0.2) is 52.3 Å². The summed E-state index contributed by atoms with van der Waals surface area (Å²) >= 11 is 1.20. The summed E-state index contributed by atoms with van der Waals surface area (Å²) in [5.41, 5.74) is 1.53. The largest absolute Gasteiger partial charge is 0.376 e. The first-order valence-corrected chi connectivity index (χ1v) is 15.2. The Hall–Kier alpha value is -2.34. The Morgan fingerprint density at radius 2 is 1.82 bits per heavy atom. The summed E-state index contributed by atoms with van der Waals surface area (Å²) in [6, 6.07) is 11.2. The van der Waals surface area contributed by atoms with Crippen molar-refractivity contribution in [2.45, 2.75) is 42.1 Å². The van der Waals surface area contributed by atoms with E-state index in [0.29, 0.717) is 22.0 Å². The number of nitrogens with zero attached hydrogens (tertiary/aromatic N) is 2. The number of anilines is 1. The van der Waals surface area contributed by atoms with Gasteiger partial charge < -0.3 is 4.74 Å². The third kappa shape index (κ3) is 5.65. The molecule has 0 aliphatic carbocycles. The lowest BCUT2D eigenvalue weighted by atomic mass is 10.2. The van der Waals surface area contributed by atoms with E-state index in [-0.39, 0.29) is 40.5 Å². The highest BCUT2D eigenvalue weighted by atomic mass is 32.2. The molecule has 2 aromatic carbocycles. The van der Waals surface area contributed by atoms with Crippen molar-refractivity contribution in [2.75, 3.05) is 30.1 Å². The first-order chi connectivity index (χ1) is 16.0. The molecule has 0 radical (unpaired) electrons. The second kappa shape index (κ2) is 9.73. The molecule has 0 N–H and O–H groups in total. The topological polar surface area (TPSA) is 111 Å². The van der Waals surface area contributed by atoms with E-state index >= 15 is 0 Å². The number of fused-ring (bicyclic) bond motifs is 1. The number of carbonyl (C=O) groups is 1. The highest BCUT2D eigenvalue weighted by Gasteiger charge is 2.28. The van der Waals surface area contributed by atoms with Gasteiger partial charge in [-0.1, -0.05) is 29.0 Å². The second-order valence-corrected chi connectivity index (χ2v) is 13.6. The fourth-order valence-electron chi connectivity index (χ4n) is 3.74. The number of thiazole rings is 1. The minimum atomic E-state index is -3.62. The maximum atomic E-state index is 13.2. The molecule has 1 fully saturated rings. The maximum Gasteiger partial charge on any atom is 0.229 e. The lowest BCUT2D eigenvalue weighted by molar-refractivity contribution is -0.118. The molecule has 0 saturated carbocycles. The van der Waals surface area contributed by atoms with E-state index in [0.717, 1.165) is 24.7 Å². The zero-order valence-electron chi connectivity index (χ0n) is 18.9. The fourth-order valence-corrected chi connectivity index (χ4v) is 6.72. The number of sulfone groups is 2. The maximum absolute atomic E-state index is 13.2. The van der Waals surface area contributed by atoms with Gasteiger partial charge in [0, 0.05) is 19.3 Å². The monoisotopic (exact) mass is 522 g/mol. The van der Waals surface area contributed by atoms with Crippen LogP contribution in [0.3, 0.4) is 0 Å². The first kappa shape index (κ1) is 24.8. The van der Waals surface area contributed by atoms with Gasteiger partial charge in [-0.3, -0.25) is 9.69 Å². The average Bonchev–Trinajstić information content (AvgIpc) is 3.44. The number of benzene rings is 2. The summed E-state index contributed by atoms with van der Waals surface area (Å²) in [4.78, 5) is 19.6. The Morgan fingerprint density at radius 3 is 2.47 bits per heavy atom. The van der Waals surface area contributed by atoms with Crippen molar-refractivity contribution in [1.82, 2.24) is 4.98 Å². The van der Waals surface area contributed by atoms with Crippen LogP contribution in [-0.2, 0) is 29.2 Å². The predicted octanol–water partition coefficient (Wildman–Crippen LogP) is 3.38. The van der Waals surface area contributed by atoms with E-state index in [4.69, 9.17) is 4.74 Å². The van der Waals surface area contributed by atoms with Crippen molar-refractivity contribution in [3.05, 3.63) is 48.0 Å². The van der Waals surface area contributed by atoms with E-state index in [1.165, 1.54) is 22.3 Å². The Bertz CT molecular complexity index is 1410. The van der Waals surface area contributed by atoms with E-state index in [9.17, 15) is 21.6 Å². The summed E-state index contributed by atoms with van der Waals surface area (Å²) in [5.74, 6) is -0.686. The molecule has 1 amide bonds. The molecule has 1 aromatic heterocycles. The molecule has 1 atom stereocenters. The molecule has 1 unspecified atom stereocenters. The van der Waals surface area contributed by atoms with Crippen LogP contribution in [0.1, 0.15) is 24.8 Å². The van der Waals surface area contributed by atoms with E-state index in [1.807, 2.05) is 6.92 Å². The lowest BCUT2D eigenvalue weighted by Gasteiger charge is -2.23. The number of aromatic nitrogens is 1. The minimum Gasteiger partial charge on any atom is -0.376 e. The molecule has 11 heteroatoms. The lowest BCUT2D eigenvalue weighted by Crippen LogP contribution is -2.38. The van der Waals surface area contributed by atoms with E-state index in [2.05, 4.69) is 4.98 Å². The Morgan fingerprint density at radius 1 is 1.12 bits per heavy atom. The molecule has 182 valence electrons. The van der Waals surface area contributed by atoms with Gasteiger partial charge in [-0.2, -0.15) is 0 Å². The Labute approximate surface area is 203 Å². The van der Waals surface area contributed by atoms with Crippen molar-refractivity contribution in [2.24, 2.45) is 0 Å². The van der Waals surface area contributed by atoms with Crippen molar-refractivity contribution >= 4 is 52.3 Å². The summed E-state index contributed by atoms with van der Waals surface area (Å²) in [6.07, 6.45) is 2.47. The molecule has 0 spiro atoms. The molecule has 0 bridgehead atoms. The zero-order chi connectivity index (χ0) is 24.5. The van der Waals surface area contributed by atoms with Crippen LogP contribution in [0.25, 0.3) is 10.2 Å². The molecule has 1 aliphatic heterocycles. The van der Waals surface area contributed by atoms with Crippen LogP contribution in [0, 0.1) is 6.92 Å². The Balaban J connectivity index is 1.59. The molecular formula is C23H26N2O6S3. The van der Waals surface area contributed by atoms with Gasteiger partial charge in [-0.25, -0.2) is 21.8 Å². The van der Waals surface area contributed by atoms with Gasteiger partial charge in [0.25, 0.3) is 0 Å². The zero-order valence-corrected chi connectivity index (χ0v) is 21.4. The fraction of sp³-hybridized carbons (Fsp3) is 0.391. The number of ether oxygens (including phenoxy) is 1. The average molecular weight is 523 g/mol. The van der Waals surface area contributed by atoms with Crippen LogP contribution < -0.4 is 4.90 Å². The van der Waals surface area contributed by atoms with E-state index < -0.39 is 19.7 Å². The van der Waals surface area contributed by atoms with Crippen LogP contribution in [0.5, 0.6) is 0 Å². The Kier molecular flexibility index (Phi) is 7.09. The normalized spacial score (nSPS) is 16.7. The summed E-state index contributed by atoms with van der Waals surface area (Å²) in [5, 5.41) is 0.397. The molecule has 1 aliphatic rings. The standard InChI is InChI=1S/C23H26N2O6S3/c1-16-5-7-18(8-6-16)34(29,30)13-11-22(26)25(15-17-4-3-12-31-17)23-24-20-10-9-19(33(2,27)28)14-21(20)32-23/h5-10,14,17H,3-4,11-13,15H2,1-2H3. The number of hydrogen-bond donors (Lipinski definition) is 0. The van der Waals surface area contributed by atoms with Gasteiger partial charge >= 0.3 is 0 Å². The van der Waals surface area contributed by atoms with Crippen molar-refractivity contribution < 1.29 is 26.4 Å². The molecule has 2 heterocycles. The second-order valence-electron chi connectivity index (χ2n) is 8.42. The molecular weight excluding hydrogens is 496 g/mol. The minimum absolute atomic E-state index is 0.156. The first-order valence-electron chi connectivity index (χ1n) is 10.8. The SMILES string of the molecule is Cc1ccc(S(=O)(=O)CCC(=O)N(CC2CCCO2)c2nc3ccc(S(C)(=O)=O)cc3s2)cc1. The number of aryl methyl sites for hydroxylation is 1. The van der Waals surface area contributed by atoms with Gasteiger partial charge in [0.2, 0.25) is 5.91 Å². The van der Waals surface area contributed by atoms with Gasteiger partial charge in [0.15, 0.2) is 24.8 Å². The number of amides is 1. The van der Waals surface area contributed by atoms with Crippen molar-refractivity contribution in [3.63, 3.8) is 0 Å². The summed E-state index contributed by atoms with van der Waals surface area (Å²) in [7, 11) is -7.01. The van der Waals surface area contributed by atoms with Crippen molar-refractivity contribution in [1.29, 1.82) is 0 Å². The van der Waals surface area contributed by atoms with E-state index in [1.54, 1.807) is 36.4 Å². The van der Waals surface area contributed by atoms with Gasteiger partial charge in [-0.05, 0) is 50.1 Å². The van der Waals surface area contributed by atoms with Crippen LogP contribution in [0.4, 0.5) is 5.13 Å². The van der Waals surface area contributed by atoms with Crippen LogP contribution >= 0.6 is 11.3 Å². The highest BCUT2D eigenvalue weighted by Crippen LogP contribution is 2.32. The molecule has 8 nitrogen and oxygen atoms in total. The third-order valence-electron chi connectivity index (χ3n) is 5.68. The third-order valence-corrected chi connectivity index (χ3v) is 9.57. The molecule has 1 saturated heterocycles. The smallest absolute Gasteiger partial charge is 0.229 e. The summed E-state index contributed by atoms with van der Waals surface area (Å²) in [6.45, 7) is 2.76. The predicted molar refractivity (Wildman–Crippen MR) is 132 cm³/mol. The van der Waals surface area contributed by atoms with Crippen molar-refractivity contribution in [3.8, 4) is 0 Å². The molecule has 34 heavy (non-hydrogen) atoms. The number of hydrogen-bond acceptors (Lipinski definition) is 8. The van der Waals surface area contributed by atoms with Crippen LogP contribution in [-0.4, -0.2) is 59.0 Å². The van der Waals surface area contributed by atoms with Crippen LogP contribution in [0.2, 0.25) is 0 Å². The number of rotatable bonds is 8. The van der Waals surface area contributed by atoms with Gasteiger partial charge in [0.1, 0.15) is 0 Å². The highest BCUT2D eigenvalue weighted by molar-refractivity contribution is 7.91. The van der Waals surface area contributed by atoms with Gasteiger partial charge in [-0.15, -0.1) is 0 Å². The molecule has 3 aromatic rings. The molecule has 4 rings (SSSR count). The van der Waals surface area contributed by atoms with Gasteiger partial charge in [0.05, 0.1) is 38.4 Å². The quantitative estimate of drug-likeness (QED) is 0.446. The number of carbonyl (C=O) groups excluding carboxylic acids is 1. The summed E-state index contributed by atoms with van der Waals surface area (Å²) < 4.78 is 55.7.